The first-order valence-corrected chi connectivity index (χ1v) is 7.39. The molecule has 2 N–H and O–H groups in total. The molecule has 2 rings (SSSR count). The third kappa shape index (κ3) is 3.61. The van der Waals surface area contributed by atoms with Crippen LogP contribution in [0.2, 0.25) is 0 Å². The van der Waals surface area contributed by atoms with Crippen LogP contribution in [0.15, 0.2) is 18.2 Å². The van der Waals surface area contributed by atoms with E-state index in [2.05, 4.69) is 13.8 Å². The van der Waals surface area contributed by atoms with Crippen LogP contribution in [0, 0.1) is 5.92 Å². The second-order valence-corrected chi connectivity index (χ2v) is 5.71. The van der Waals surface area contributed by atoms with Gasteiger partial charge in [0, 0.05) is 25.1 Å². The van der Waals surface area contributed by atoms with E-state index in [1.54, 1.807) is 17.6 Å². The third-order valence-corrected chi connectivity index (χ3v) is 4.15. The Labute approximate surface area is 124 Å². The van der Waals surface area contributed by atoms with Crippen molar-refractivity contribution in [2.24, 2.45) is 5.92 Å². The van der Waals surface area contributed by atoms with Crippen LogP contribution in [0.1, 0.15) is 48.2 Å². The lowest BCUT2D eigenvalue weighted by Crippen LogP contribution is -2.36. The molecule has 1 unspecified atom stereocenters. The first-order valence-electron chi connectivity index (χ1n) is 7.39. The Kier molecular flexibility index (Phi) is 4.96. The summed E-state index contributed by atoms with van der Waals surface area (Å²) in [6, 6.07) is 5.33. The van der Waals surface area contributed by atoms with E-state index in [0.29, 0.717) is 31.0 Å². The minimum absolute atomic E-state index is 0.201. The maximum Gasteiger partial charge on any atom is 0.274 e. The van der Waals surface area contributed by atoms with Crippen LogP contribution in [0.3, 0.4) is 0 Å². The Hall–Kier alpha value is -1.88. The normalized spacial score (nSPS) is 15.3. The van der Waals surface area contributed by atoms with Crippen molar-refractivity contribution < 1.29 is 14.8 Å². The van der Waals surface area contributed by atoms with Gasteiger partial charge in [-0.2, -0.15) is 0 Å². The summed E-state index contributed by atoms with van der Waals surface area (Å²) in [5, 5.41) is 8.66. The van der Waals surface area contributed by atoms with Crippen molar-refractivity contribution in [3.05, 3.63) is 34.9 Å². The van der Waals surface area contributed by atoms with Crippen LogP contribution in [0.25, 0.3) is 0 Å². The number of carbonyl (C=O) groups excluding carboxylic acids is 2. The number of hydrogen-bond donors (Lipinski definition) is 2. The molecule has 0 aromatic heterocycles. The lowest BCUT2D eigenvalue weighted by atomic mass is 9.96. The van der Waals surface area contributed by atoms with Gasteiger partial charge in [-0.15, -0.1) is 0 Å². The minimum Gasteiger partial charge on any atom is -0.338 e. The van der Waals surface area contributed by atoms with E-state index in [4.69, 9.17) is 5.21 Å². The summed E-state index contributed by atoms with van der Waals surface area (Å²) in [6.07, 6.45) is 2.35. The zero-order valence-corrected chi connectivity index (χ0v) is 12.6. The SMILES string of the molecule is CCC(C)CC(=O)N1CCc2cc(C(=O)NO)ccc2C1. The van der Waals surface area contributed by atoms with Crippen molar-refractivity contribution in [3.8, 4) is 0 Å². The molecular weight excluding hydrogens is 268 g/mol. The molecule has 5 nitrogen and oxygen atoms in total. The minimum atomic E-state index is -0.506. The summed E-state index contributed by atoms with van der Waals surface area (Å²) in [6.45, 7) is 5.48. The molecule has 0 saturated carbocycles. The fourth-order valence-electron chi connectivity index (χ4n) is 2.54. The second-order valence-electron chi connectivity index (χ2n) is 5.71. The molecule has 21 heavy (non-hydrogen) atoms. The third-order valence-electron chi connectivity index (χ3n) is 4.15. The molecule has 114 valence electrons. The van der Waals surface area contributed by atoms with Crippen LogP contribution in [-0.2, 0) is 17.8 Å². The van der Waals surface area contributed by atoms with Crippen LogP contribution in [0.5, 0.6) is 0 Å². The highest BCUT2D eigenvalue weighted by Crippen LogP contribution is 2.22. The maximum absolute atomic E-state index is 12.2. The summed E-state index contributed by atoms with van der Waals surface area (Å²) >= 11 is 0. The van der Waals surface area contributed by atoms with E-state index in [-0.39, 0.29) is 5.91 Å². The van der Waals surface area contributed by atoms with Crippen molar-refractivity contribution in [1.29, 1.82) is 0 Å². The van der Waals surface area contributed by atoms with Gasteiger partial charge in [-0.05, 0) is 35.6 Å². The van der Waals surface area contributed by atoms with Crippen molar-refractivity contribution in [2.45, 2.75) is 39.7 Å². The molecule has 1 atom stereocenters. The predicted molar refractivity (Wildman–Crippen MR) is 78.9 cm³/mol. The van der Waals surface area contributed by atoms with Crippen molar-refractivity contribution in [2.75, 3.05) is 6.54 Å². The predicted octanol–water partition coefficient (Wildman–Crippen LogP) is 2.13. The summed E-state index contributed by atoms with van der Waals surface area (Å²) in [5.41, 5.74) is 4.23. The van der Waals surface area contributed by atoms with Crippen LogP contribution in [0.4, 0.5) is 0 Å². The van der Waals surface area contributed by atoms with Gasteiger partial charge >= 0.3 is 0 Å². The largest absolute Gasteiger partial charge is 0.338 e. The molecule has 1 aliphatic rings. The molecule has 0 bridgehead atoms. The second kappa shape index (κ2) is 6.72. The number of hydroxylamine groups is 1. The number of rotatable bonds is 4. The summed E-state index contributed by atoms with van der Waals surface area (Å²) < 4.78 is 0. The fourth-order valence-corrected chi connectivity index (χ4v) is 2.54. The standard InChI is InChI=1S/C16H22N2O3/c1-3-11(2)8-15(19)18-7-6-12-9-13(16(20)17-21)4-5-14(12)10-18/h4-5,9,11,21H,3,6-8,10H2,1-2H3,(H,17,20). The van der Waals surface area contributed by atoms with Gasteiger partial charge in [-0.3, -0.25) is 14.8 Å². The molecule has 0 aliphatic carbocycles. The number of amides is 2. The zero-order chi connectivity index (χ0) is 15.4. The topological polar surface area (TPSA) is 69.6 Å². The molecule has 2 amide bonds. The van der Waals surface area contributed by atoms with Gasteiger partial charge < -0.3 is 4.90 Å². The van der Waals surface area contributed by atoms with Gasteiger partial charge in [0.2, 0.25) is 5.91 Å². The Balaban J connectivity index is 2.07. The van der Waals surface area contributed by atoms with E-state index < -0.39 is 5.91 Å². The molecule has 0 spiro atoms. The first-order chi connectivity index (χ1) is 10.0. The van der Waals surface area contributed by atoms with Crippen LogP contribution in [-0.4, -0.2) is 28.5 Å². The molecule has 1 aromatic rings. The highest BCUT2D eigenvalue weighted by atomic mass is 16.5. The summed E-state index contributed by atoms with van der Waals surface area (Å²) in [7, 11) is 0. The maximum atomic E-state index is 12.2. The van der Waals surface area contributed by atoms with Gasteiger partial charge in [0.15, 0.2) is 0 Å². The number of hydrogen-bond acceptors (Lipinski definition) is 3. The number of nitrogens with zero attached hydrogens (tertiary/aromatic N) is 1. The molecule has 1 aliphatic heterocycles. The molecule has 5 heteroatoms. The molecular formula is C16H22N2O3. The van der Waals surface area contributed by atoms with E-state index in [0.717, 1.165) is 24.0 Å². The van der Waals surface area contributed by atoms with Crippen molar-refractivity contribution in [3.63, 3.8) is 0 Å². The molecule has 1 heterocycles. The summed E-state index contributed by atoms with van der Waals surface area (Å²) in [5.74, 6) is 0.106. The van der Waals surface area contributed by atoms with E-state index in [1.807, 2.05) is 11.0 Å². The molecule has 0 fully saturated rings. The smallest absolute Gasteiger partial charge is 0.274 e. The van der Waals surface area contributed by atoms with E-state index in [1.165, 1.54) is 0 Å². The number of fused-ring (bicyclic) bond motifs is 1. The van der Waals surface area contributed by atoms with Crippen molar-refractivity contribution in [1.82, 2.24) is 10.4 Å². The fraction of sp³-hybridized carbons (Fsp3) is 0.500. The number of carbonyl (C=O) groups is 2. The monoisotopic (exact) mass is 290 g/mol. The Morgan fingerprint density at radius 3 is 2.81 bits per heavy atom. The highest BCUT2D eigenvalue weighted by molar-refractivity contribution is 5.93. The van der Waals surface area contributed by atoms with Gasteiger partial charge in [-0.25, -0.2) is 5.48 Å². The average molecular weight is 290 g/mol. The Morgan fingerprint density at radius 1 is 1.38 bits per heavy atom. The van der Waals surface area contributed by atoms with Gasteiger partial charge in [0.05, 0.1) is 0 Å². The van der Waals surface area contributed by atoms with Gasteiger partial charge in [0.1, 0.15) is 0 Å². The van der Waals surface area contributed by atoms with Crippen LogP contribution < -0.4 is 5.48 Å². The number of nitrogens with one attached hydrogen (secondary N) is 1. The quantitative estimate of drug-likeness (QED) is 0.659. The lowest BCUT2D eigenvalue weighted by Gasteiger charge is -2.30. The zero-order valence-electron chi connectivity index (χ0n) is 12.6. The Morgan fingerprint density at radius 2 is 2.14 bits per heavy atom. The van der Waals surface area contributed by atoms with E-state index >= 15 is 0 Å². The average Bonchev–Trinajstić information content (AvgIpc) is 2.52. The Bertz CT molecular complexity index is 542. The molecule has 1 aromatic carbocycles. The highest BCUT2D eigenvalue weighted by Gasteiger charge is 2.22. The lowest BCUT2D eigenvalue weighted by molar-refractivity contribution is -0.133. The first kappa shape index (κ1) is 15.5. The van der Waals surface area contributed by atoms with Gasteiger partial charge in [-0.1, -0.05) is 26.3 Å². The summed E-state index contributed by atoms with van der Waals surface area (Å²) in [4.78, 5) is 25.5. The van der Waals surface area contributed by atoms with Crippen molar-refractivity contribution >= 4 is 11.8 Å². The molecule has 0 radical (unpaired) electrons. The van der Waals surface area contributed by atoms with E-state index in [9.17, 15) is 9.59 Å². The van der Waals surface area contributed by atoms with Gasteiger partial charge in [0.25, 0.3) is 5.91 Å². The molecule has 0 saturated heterocycles. The number of benzene rings is 1. The van der Waals surface area contributed by atoms with Crippen LogP contribution >= 0.6 is 0 Å².